The highest BCUT2D eigenvalue weighted by atomic mass is 16.5. The van der Waals surface area contributed by atoms with E-state index in [-0.39, 0.29) is 12.6 Å². The second kappa shape index (κ2) is 8.66. The Kier molecular flexibility index (Phi) is 7.14. The predicted octanol–water partition coefficient (Wildman–Crippen LogP) is 1.28. The van der Waals surface area contributed by atoms with E-state index in [2.05, 4.69) is 27.5 Å². The van der Waals surface area contributed by atoms with Crippen LogP contribution in [-0.4, -0.2) is 48.0 Å². The second-order valence-electron chi connectivity index (χ2n) is 4.31. The van der Waals surface area contributed by atoms with Crippen molar-refractivity contribution in [2.45, 2.75) is 32.7 Å². The molecule has 19 heavy (non-hydrogen) atoms. The van der Waals surface area contributed by atoms with Crippen LogP contribution in [0.4, 0.5) is 11.6 Å². The van der Waals surface area contributed by atoms with E-state index in [9.17, 15) is 5.11 Å². The molecule has 1 rings (SSSR count). The summed E-state index contributed by atoms with van der Waals surface area (Å²) in [5.74, 6) is 1.62. The van der Waals surface area contributed by atoms with Gasteiger partial charge in [-0.3, -0.25) is 0 Å². The molecule has 1 heterocycles. The third-order valence-electron chi connectivity index (χ3n) is 2.72. The summed E-state index contributed by atoms with van der Waals surface area (Å²) in [5, 5.41) is 15.8. The zero-order valence-electron chi connectivity index (χ0n) is 11.9. The largest absolute Gasteiger partial charge is 0.394 e. The molecule has 1 atom stereocenters. The molecule has 0 aliphatic heterocycles. The smallest absolute Gasteiger partial charge is 0.135 e. The highest BCUT2D eigenvalue weighted by molar-refractivity contribution is 5.57. The Bertz CT molecular complexity index is 374. The fourth-order valence-corrected chi connectivity index (χ4v) is 1.88. The molecule has 1 aromatic heterocycles. The zero-order chi connectivity index (χ0) is 14.1. The second-order valence-corrected chi connectivity index (χ2v) is 4.31. The van der Waals surface area contributed by atoms with Crippen molar-refractivity contribution >= 4 is 11.6 Å². The maximum Gasteiger partial charge on any atom is 0.135 e. The number of aliphatic hydroxyl groups is 1. The number of aromatic nitrogens is 2. The lowest BCUT2D eigenvalue weighted by Gasteiger charge is -2.19. The van der Waals surface area contributed by atoms with Crippen LogP contribution in [-0.2, 0) is 11.2 Å². The van der Waals surface area contributed by atoms with Crippen molar-refractivity contribution in [1.82, 2.24) is 9.97 Å². The minimum Gasteiger partial charge on any atom is -0.394 e. The van der Waals surface area contributed by atoms with Gasteiger partial charge in [0.05, 0.1) is 19.3 Å². The molecule has 108 valence electrons. The van der Waals surface area contributed by atoms with Gasteiger partial charge in [-0.05, 0) is 13.3 Å². The Morgan fingerprint density at radius 3 is 2.63 bits per heavy atom. The van der Waals surface area contributed by atoms with E-state index >= 15 is 0 Å². The highest BCUT2D eigenvalue weighted by Gasteiger charge is 2.14. The third-order valence-corrected chi connectivity index (χ3v) is 2.72. The summed E-state index contributed by atoms with van der Waals surface area (Å²) in [6, 6.07) is -0.162. The van der Waals surface area contributed by atoms with Gasteiger partial charge in [0.15, 0.2) is 0 Å². The lowest BCUT2D eigenvalue weighted by molar-refractivity contribution is 0.153. The average molecular weight is 268 g/mol. The van der Waals surface area contributed by atoms with Crippen molar-refractivity contribution in [3.8, 4) is 0 Å². The molecule has 6 nitrogen and oxygen atoms in total. The summed E-state index contributed by atoms with van der Waals surface area (Å²) in [5.41, 5.74) is 1.06. The Morgan fingerprint density at radius 1 is 1.32 bits per heavy atom. The molecule has 1 aromatic rings. The number of hydrogen-bond acceptors (Lipinski definition) is 6. The van der Waals surface area contributed by atoms with Gasteiger partial charge in [-0.1, -0.05) is 13.3 Å². The van der Waals surface area contributed by atoms with Crippen LogP contribution in [0.15, 0.2) is 6.33 Å². The molecular weight excluding hydrogens is 244 g/mol. The van der Waals surface area contributed by atoms with Gasteiger partial charge in [-0.25, -0.2) is 9.97 Å². The van der Waals surface area contributed by atoms with Crippen LogP contribution < -0.4 is 10.6 Å². The normalized spacial score (nSPS) is 12.2. The topological polar surface area (TPSA) is 79.3 Å². The standard InChI is InChI=1S/C13H24N4O2/c1-4-6-11-12(14-5-2)15-9-16-13(11)17-10(7-18)8-19-3/h9-10,18H,4-8H2,1-3H3,(H2,14,15,16,17). The molecule has 0 saturated carbocycles. The Morgan fingerprint density at radius 2 is 2.05 bits per heavy atom. The van der Waals surface area contributed by atoms with Gasteiger partial charge in [0.25, 0.3) is 0 Å². The summed E-state index contributed by atoms with van der Waals surface area (Å²) in [6.45, 7) is 5.40. The highest BCUT2D eigenvalue weighted by Crippen LogP contribution is 2.22. The first-order valence-corrected chi connectivity index (χ1v) is 6.70. The molecule has 1 unspecified atom stereocenters. The van der Waals surface area contributed by atoms with Crippen molar-refractivity contribution in [2.75, 3.05) is 37.5 Å². The van der Waals surface area contributed by atoms with Gasteiger partial charge < -0.3 is 20.5 Å². The number of aliphatic hydroxyl groups excluding tert-OH is 1. The van der Waals surface area contributed by atoms with Crippen molar-refractivity contribution in [3.63, 3.8) is 0 Å². The minimum atomic E-state index is -0.162. The van der Waals surface area contributed by atoms with Crippen molar-refractivity contribution < 1.29 is 9.84 Å². The Balaban J connectivity index is 2.93. The van der Waals surface area contributed by atoms with Crippen molar-refractivity contribution in [2.24, 2.45) is 0 Å². The third kappa shape index (κ3) is 4.65. The first kappa shape index (κ1) is 15.7. The summed E-state index contributed by atoms with van der Waals surface area (Å²) < 4.78 is 5.06. The average Bonchev–Trinajstić information content (AvgIpc) is 2.42. The molecular formula is C13H24N4O2. The molecule has 0 saturated heterocycles. The molecule has 0 aromatic carbocycles. The number of nitrogens with zero attached hydrogens (tertiary/aromatic N) is 2. The maximum atomic E-state index is 9.31. The molecule has 0 aliphatic rings. The van der Waals surface area contributed by atoms with Crippen molar-refractivity contribution in [1.29, 1.82) is 0 Å². The van der Waals surface area contributed by atoms with Crippen LogP contribution >= 0.6 is 0 Å². The quantitative estimate of drug-likeness (QED) is 0.626. The van der Waals surface area contributed by atoms with E-state index < -0.39 is 0 Å². The monoisotopic (exact) mass is 268 g/mol. The number of rotatable bonds is 9. The number of methoxy groups -OCH3 is 1. The molecule has 0 fully saturated rings. The molecule has 0 bridgehead atoms. The van der Waals surface area contributed by atoms with E-state index in [1.165, 1.54) is 6.33 Å². The number of hydrogen-bond donors (Lipinski definition) is 3. The van der Waals surface area contributed by atoms with Gasteiger partial charge in [0.2, 0.25) is 0 Å². The number of anilines is 2. The van der Waals surface area contributed by atoms with E-state index in [0.29, 0.717) is 6.61 Å². The fraction of sp³-hybridized carbons (Fsp3) is 0.692. The first-order chi connectivity index (χ1) is 9.26. The number of ether oxygens (including phenoxy) is 1. The molecule has 0 radical (unpaired) electrons. The molecule has 3 N–H and O–H groups in total. The van der Waals surface area contributed by atoms with E-state index in [1.54, 1.807) is 7.11 Å². The van der Waals surface area contributed by atoms with Gasteiger partial charge >= 0.3 is 0 Å². The van der Waals surface area contributed by atoms with Gasteiger partial charge in [-0.15, -0.1) is 0 Å². The van der Waals surface area contributed by atoms with Crippen LogP contribution in [0.3, 0.4) is 0 Å². The van der Waals surface area contributed by atoms with E-state index in [0.717, 1.165) is 36.6 Å². The lowest BCUT2D eigenvalue weighted by Crippen LogP contribution is -2.30. The Hall–Kier alpha value is -1.40. The SMILES string of the molecule is CCCc1c(NCC)ncnc1NC(CO)COC. The molecule has 0 aliphatic carbocycles. The first-order valence-electron chi connectivity index (χ1n) is 6.70. The summed E-state index contributed by atoms with van der Waals surface area (Å²) in [7, 11) is 1.61. The van der Waals surface area contributed by atoms with Gasteiger partial charge in [0, 0.05) is 19.2 Å². The predicted molar refractivity (Wildman–Crippen MR) is 76.6 cm³/mol. The molecule has 6 heteroatoms. The van der Waals surface area contributed by atoms with E-state index in [1.807, 2.05) is 6.92 Å². The summed E-state index contributed by atoms with van der Waals surface area (Å²) in [4.78, 5) is 8.55. The lowest BCUT2D eigenvalue weighted by atomic mass is 10.1. The van der Waals surface area contributed by atoms with Crippen LogP contribution in [0.1, 0.15) is 25.8 Å². The molecule has 0 amide bonds. The summed E-state index contributed by atoms with van der Waals surface area (Å²) >= 11 is 0. The zero-order valence-corrected chi connectivity index (χ0v) is 11.9. The maximum absolute atomic E-state index is 9.31. The van der Waals surface area contributed by atoms with E-state index in [4.69, 9.17) is 4.74 Å². The van der Waals surface area contributed by atoms with Crippen LogP contribution in [0, 0.1) is 0 Å². The van der Waals surface area contributed by atoms with Crippen LogP contribution in [0.5, 0.6) is 0 Å². The van der Waals surface area contributed by atoms with Gasteiger partial charge in [-0.2, -0.15) is 0 Å². The van der Waals surface area contributed by atoms with Crippen molar-refractivity contribution in [3.05, 3.63) is 11.9 Å². The molecule has 0 spiro atoms. The summed E-state index contributed by atoms with van der Waals surface area (Å²) in [6.07, 6.45) is 3.42. The van der Waals surface area contributed by atoms with Gasteiger partial charge in [0.1, 0.15) is 18.0 Å². The van der Waals surface area contributed by atoms with Crippen LogP contribution in [0.25, 0.3) is 0 Å². The number of nitrogens with one attached hydrogen (secondary N) is 2. The van der Waals surface area contributed by atoms with Crippen LogP contribution in [0.2, 0.25) is 0 Å². The fourth-order valence-electron chi connectivity index (χ4n) is 1.88. The minimum absolute atomic E-state index is 0.0000520. The Labute approximate surface area is 114 Å².